The molecule has 1 unspecified atom stereocenters. The molecular weight excluding hydrogens is 255 g/mol. The Morgan fingerprint density at radius 3 is 2.70 bits per heavy atom. The van der Waals surface area contributed by atoms with Gasteiger partial charge in [0, 0.05) is 12.6 Å². The Bertz CT molecular complexity index is 476. The molecule has 0 amide bonds. The van der Waals surface area contributed by atoms with E-state index in [-0.39, 0.29) is 16.8 Å². The molecule has 0 heterocycles. The van der Waals surface area contributed by atoms with E-state index in [4.69, 9.17) is 10.5 Å². The van der Waals surface area contributed by atoms with Crippen molar-refractivity contribution in [3.05, 3.63) is 24.0 Å². The molecule has 1 aromatic carbocycles. The van der Waals surface area contributed by atoms with Gasteiger partial charge in [-0.25, -0.2) is 4.39 Å². The first-order valence-corrected chi connectivity index (χ1v) is 7.22. The fourth-order valence-electron chi connectivity index (χ4n) is 3.34. The van der Waals surface area contributed by atoms with Crippen LogP contribution in [0.5, 0.6) is 5.75 Å². The maximum Gasteiger partial charge on any atom is 0.146 e. The molecular formula is C16H25FN2O. The first-order chi connectivity index (χ1) is 9.40. The molecule has 20 heavy (non-hydrogen) atoms. The van der Waals surface area contributed by atoms with Crippen molar-refractivity contribution in [2.75, 3.05) is 19.0 Å². The van der Waals surface area contributed by atoms with E-state index in [1.807, 2.05) is 0 Å². The molecule has 1 fully saturated rings. The van der Waals surface area contributed by atoms with Gasteiger partial charge in [-0.2, -0.15) is 0 Å². The van der Waals surface area contributed by atoms with E-state index >= 15 is 0 Å². The maximum atomic E-state index is 14.0. The standard InChI is InChI=1S/C16H25FN2O/c1-15(2)7-4-8-16(10-15,11-18)19-14-9-12(20-3)5-6-13(14)17/h5-6,9,19H,4,7-8,10-11,18H2,1-3H3. The van der Waals surface area contributed by atoms with Crippen molar-refractivity contribution in [1.29, 1.82) is 0 Å². The minimum Gasteiger partial charge on any atom is -0.497 e. The van der Waals surface area contributed by atoms with Crippen molar-refractivity contribution in [1.82, 2.24) is 0 Å². The van der Waals surface area contributed by atoms with Crippen molar-refractivity contribution in [3.8, 4) is 5.75 Å². The van der Waals surface area contributed by atoms with Crippen LogP contribution in [-0.4, -0.2) is 19.2 Å². The van der Waals surface area contributed by atoms with Crippen molar-refractivity contribution in [2.45, 2.75) is 45.1 Å². The Labute approximate surface area is 120 Å². The van der Waals surface area contributed by atoms with Gasteiger partial charge < -0.3 is 15.8 Å². The summed E-state index contributed by atoms with van der Waals surface area (Å²) in [5.74, 6) is 0.387. The molecule has 1 saturated carbocycles. The minimum atomic E-state index is -0.262. The van der Waals surface area contributed by atoms with Crippen LogP contribution in [0.1, 0.15) is 39.5 Å². The number of hydrogen-bond donors (Lipinski definition) is 2. The fraction of sp³-hybridized carbons (Fsp3) is 0.625. The number of rotatable bonds is 4. The lowest BCUT2D eigenvalue weighted by molar-refractivity contribution is 0.170. The van der Waals surface area contributed by atoms with Gasteiger partial charge in [0.25, 0.3) is 0 Å². The minimum absolute atomic E-state index is 0.227. The molecule has 3 N–H and O–H groups in total. The number of halogens is 1. The van der Waals surface area contributed by atoms with Crippen LogP contribution < -0.4 is 15.8 Å². The number of nitrogens with one attached hydrogen (secondary N) is 1. The second kappa shape index (κ2) is 5.60. The average Bonchev–Trinajstić information content (AvgIpc) is 2.40. The highest BCUT2D eigenvalue weighted by Gasteiger charge is 2.39. The SMILES string of the molecule is COc1ccc(F)c(NC2(CN)CCCC(C)(C)C2)c1. The predicted octanol–water partition coefficient (Wildman–Crippen LogP) is 3.54. The molecule has 4 heteroatoms. The van der Waals surface area contributed by atoms with Crippen molar-refractivity contribution >= 4 is 5.69 Å². The highest BCUT2D eigenvalue weighted by atomic mass is 19.1. The van der Waals surface area contributed by atoms with Gasteiger partial charge in [-0.1, -0.05) is 20.3 Å². The van der Waals surface area contributed by atoms with Crippen molar-refractivity contribution in [3.63, 3.8) is 0 Å². The summed E-state index contributed by atoms with van der Waals surface area (Å²) in [7, 11) is 1.58. The molecule has 112 valence electrons. The Hall–Kier alpha value is -1.29. The normalized spacial score (nSPS) is 25.2. The van der Waals surface area contributed by atoms with Crippen LogP contribution in [0.3, 0.4) is 0 Å². The van der Waals surface area contributed by atoms with Crippen molar-refractivity contribution < 1.29 is 9.13 Å². The third kappa shape index (κ3) is 3.23. The van der Waals surface area contributed by atoms with Crippen molar-refractivity contribution in [2.24, 2.45) is 11.1 Å². The third-order valence-corrected chi connectivity index (χ3v) is 4.29. The second-order valence-electron chi connectivity index (χ2n) is 6.65. The van der Waals surface area contributed by atoms with Crippen LogP contribution in [0.4, 0.5) is 10.1 Å². The predicted molar refractivity (Wildman–Crippen MR) is 80.6 cm³/mol. The number of methoxy groups -OCH3 is 1. The molecule has 2 rings (SSSR count). The largest absolute Gasteiger partial charge is 0.497 e. The topological polar surface area (TPSA) is 47.3 Å². The first kappa shape index (κ1) is 15.1. The van der Waals surface area contributed by atoms with Crippen LogP contribution >= 0.6 is 0 Å². The zero-order chi connectivity index (χ0) is 14.8. The third-order valence-electron chi connectivity index (χ3n) is 4.29. The molecule has 1 aromatic rings. The van der Waals surface area contributed by atoms with Gasteiger partial charge in [-0.15, -0.1) is 0 Å². The number of anilines is 1. The van der Waals surface area contributed by atoms with Gasteiger partial charge in [0.2, 0.25) is 0 Å². The van der Waals surface area contributed by atoms with Crippen LogP contribution in [-0.2, 0) is 0 Å². The van der Waals surface area contributed by atoms with E-state index in [0.717, 1.165) is 19.3 Å². The molecule has 1 aliphatic rings. The summed E-state index contributed by atoms with van der Waals surface area (Å²) in [6.07, 6.45) is 4.23. The number of benzene rings is 1. The molecule has 0 radical (unpaired) electrons. The van der Waals surface area contributed by atoms with Gasteiger partial charge in [0.15, 0.2) is 0 Å². The quantitative estimate of drug-likeness (QED) is 0.886. The van der Waals surface area contributed by atoms with E-state index in [1.54, 1.807) is 19.2 Å². The summed E-state index contributed by atoms with van der Waals surface area (Å²) in [6, 6.07) is 4.76. The first-order valence-electron chi connectivity index (χ1n) is 7.22. The zero-order valence-corrected chi connectivity index (χ0v) is 12.6. The van der Waals surface area contributed by atoms with Crippen LogP contribution in [0, 0.1) is 11.2 Å². The second-order valence-corrected chi connectivity index (χ2v) is 6.65. The zero-order valence-electron chi connectivity index (χ0n) is 12.6. The summed E-state index contributed by atoms with van der Waals surface area (Å²) in [6.45, 7) is 5.01. The number of nitrogens with two attached hydrogens (primary N) is 1. The summed E-state index contributed by atoms with van der Waals surface area (Å²) in [5.41, 5.74) is 6.50. The molecule has 0 bridgehead atoms. The van der Waals surface area contributed by atoms with Gasteiger partial charge in [-0.3, -0.25) is 0 Å². The summed E-state index contributed by atoms with van der Waals surface area (Å²) < 4.78 is 19.2. The fourth-order valence-corrected chi connectivity index (χ4v) is 3.34. The molecule has 0 aromatic heterocycles. The Morgan fingerprint density at radius 2 is 2.10 bits per heavy atom. The molecule has 3 nitrogen and oxygen atoms in total. The highest BCUT2D eigenvalue weighted by Crippen LogP contribution is 2.42. The number of ether oxygens (including phenoxy) is 1. The Kier molecular flexibility index (Phi) is 4.23. The molecule has 0 saturated heterocycles. The maximum absolute atomic E-state index is 14.0. The van der Waals surface area contributed by atoms with Crippen LogP contribution in [0.15, 0.2) is 18.2 Å². The molecule has 0 aliphatic heterocycles. The van der Waals surface area contributed by atoms with E-state index in [0.29, 0.717) is 18.0 Å². The van der Waals surface area contributed by atoms with E-state index in [2.05, 4.69) is 19.2 Å². The smallest absolute Gasteiger partial charge is 0.146 e. The lowest BCUT2D eigenvalue weighted by atomic mass is 9.68. The van der Waals surface area contributed by atoms with E-state index < -0.39 is 0 Å². The average molecular weight is 280 g/mol. The summed E-state index contributed by atoms with van der Waals surface area (Å²) in [5, 5.41) is 3.36. The lowest BCUT2D eigenvalue weighted by Crippen LogP contribution is -2.51. The lowest BCUT2D eigenvalue weighted by Gasteiger charge is -2.45. The van der Waals surface area contributed by atoms with Gasteiger partial charge >= 0.3 is 0 Å². The van der Waals surface area contributed by atoms with E-state index in [9.17, 15) is 4.39 Å². The van der Waals surface area contributed by atoms with Gasteiger partial charge in [0.05, 0.1) is 18.3 Å². The summed E-state index contributed by atoms with van der Waals surface area (Å²) >= 11 is 0. The Morgan fingerprint density at radius 1 is 1.35 bits per heavy atom. The van der Waals surface area contributed by atoms with Crippen LogP contribution in [0.2, 0.25) is 0 Å². The van der Waals surface area contributed by atoms with Crippen LogP contribution in [0.25, 0.3) is 0 Å². The van der Waals surface area contributed by atoms with E-state index in [1.165, 1.54) is 12.5 Å². The van der Waals surface area contributed by atoms with Gasteiger partial charge in [-0.05, 0) is 36.8 Å². The molecule has 1 atom stereocenters. The monoisotopic (exact) mass is 280 g/mol. The molecule has 0 spiro atoms. The van der Waals surface area contributed by atoms with Gasteiger partial charge in [0.1, 0.15) is 11.6 Å². The Balaban J connectivity index is 2.25. The summed E-state index contributed by atoms with van der Waals surface area (Å²) in [4.78, 5) is 0. The number of hydrogen-bond acceptors (Lipinski definition) is 3. The molecule has 1 aliphatic carbocycles. The highest BCUT2D eigenvalue weighted by molar-refractivity contribution is 5.51.